The molecule has 3 heteroatoms. The van der Waals surface area contributed by atoms with Crippen LogP contribution in [0, 0.1) is 5.92 Å². The lowest BCUT2D eigenvalue weighted by molar-refractivity contribution is 0.0514. The minimum absolute atomic E-state index is 0.0739. The normalized spacial score (nSPS) is 25.6. The molecule has 0 bridgehead atoms. The molecule has 1 heterocycles. The van der Waals surface area contributed by atoms with Gasteiger partial charge in [0, 0.05) is 5.02 Å². The summed E-state index contributed by atoms with van der Waals surface area (Å²) >= 11 is 5.94. The molecule has 2 fully saturated rings. The Labute approximate surface area is 120 Å². The predicted octanol–water partition coefficient (Wildman–Crippen LogP) is 4.03. The second-order valence-corrected chi connectivity index (χ2v) is 6.45. The highest BCUT2D eigenvalue weighted by Gasteiger charge is 2.38. The van der Waals surface area contributed by atoms with E-state index in [1.807, 2.05) is 24.3 Å². The van der Waals surface area contributed by atoms with Crippen molar-refractivity contribution in [2.45, 2.75) is 44.1 Å². The number of hydrogen-bond donors (Lipinski definition) is 1. The highest BCUT2D eigenvalue weighted by Crippen LogP contribution is 2.40. The van der Waals surface area contributed by atoms with Gasteiger partial charge in [0.1, 0.15) is 11.4 Å². The number of nitrogens with one attached hydrogen (secondary N) is 1. The lowest BCUT2D eigenvalue weighted by Crippen LogP contribution is -2.35. The third kappa shape index (κ3) is 3.24. The maximum Gasteiger partial charge on any atom is 0.120 e. The second kappa shape index (κ2) is 5.72. The molecule has 104 valence electrons. The first-order chi connectivity index (χ1) is 9.26. The van der Waals surface area contributed by atoms with Gasteiger partial charge in [-0.15, -0.1) is 0 Å². The second-order valence-electron chi connectivity index (χ2n) is 6.01. The average Bonchev–Trinajstić information content (AvgIpc) is 3.05. The molecular weight excluding hydrogens is 258 g/mol. The van der Waals surface area contributed by atoms with E-state index in [2.05, 4.69) is 5.32 Å². The van der Waals surface area contributed by atoms with Gasteiger partial charge >= 0.3 is 0 Å². The first kappa shape index (κ1) is 13.3. The van der Waals surface area contributed by atoms with E-state index in [1.165, 1.54) is 45.1 Å². The quantitative estimate of drug-likeness (QED) is 0.898. The Balaban J connectivity index is 1.70. The first-order valence-corrected chi connectivity index (χ1v) is 7.79. The summed E-state index contributed by atoms with van der Waals surface area (Å²) in [6.07, 6.45) is 7.49. The van der Waals surface area contributed by atoms with Crippen LogP contribution in [0.5, 0.6) is 5.75 Å². The van der Waals surface area contributed by atoms with Gasteiger partial charge in [-0.05, 0) is 81.8 Å². The molecule has 0 radical (unpaired) electrons. The van der Waals surface area contributed by atoms with Crippen LogP contribution in [0.1, 0.15) is 38.5 Å². The molecule has 3 rings (SSSR count). The minimum atomic E-state index is 0.0739. The van der Waals surface area contributed by atoms with E-state index in [0.29, 0.717) is 0 Å². The molecule has 0 spiro atoms. The highest BCUT2D eigenvalue weighted by atomic mass is 35.5. The first-order valence-electron chi connectivity index (χ1n) is 7.41. The van der Waals surface area contributed by atoms with Crippen molar-refractivity contribution in [1.82, 2.24) is 5.32 Å². The summed E-state index contributed by atoms with van der Waals surface area (Å²) in [7, 11) is 0. The van der Waals surface area contributed by atoms with Crippen LogP contribution in [-0.4, -0.2) is 18.7 Å². The van der Waals surface area contributed by atoms with E-state index >= 15 is 0 Å². The van der Waals surface area contributed by atoms with Gasteiger partial charge in [0.15, 0.2) is 0 Å². The van der Waals surface area contributed by atoms with Gasteiger partial charge in [-0.2, -0.15) is 0 Å². The van der Waals surface area contributed by atoms with Crippen molar-refractivity contribution < 1.29 is 4.74 Å². The van der Waals surface area contributed by atoms with Crippen LogP contribution in [0.15, 0.2) is 24.3 Å². The van der Waals surface area contributed by atoms with Crippen LogP contribution in [0.4, 0.5) is 0 Å². The SMILES string of the molecule is Clc1ccc(OC2(CC3CCNC3)CCCC2)cc1. The van der Waals surface area contributed by atoms with Crippen molar-refractivity contribution in [2.75, 3.05) is 13.1 Å². The standard InChI is InChI=1S/C16H22ClNO/c17-14-3-5-15(6-4-14)19-16(8-1-2-9-16)11-13-7-10-18-12-13/h3-6,13,18H,1-2,7-12H2. The summed E-state index contributed by atoms with van der Waals surface area (Å²) in [5.41, 5.74) is 0.0739. The number of benzene rings is 1. The maximum absolute atomic E-state index is 6.39. The fraction of sp³-hybridized carbons (Fsp3) is 0.625. The molecule has 1 unspecified atom stereocenters. The summed E-state index contributed by atoms with van der Waals surface area (Å²) in [6.45, 7) is 2.33. The molecule has 1 saturated heterocycles. The van der Waals surface area contributed by atoms with Crippen molar-refractivity contribution in [2.24, 2.45) is 5.92 Å². The Morgan fingerprint density at radius 2 is 1.95 bits per heavy atom. The Morgan fingerprint density at radius 1 is 1.21 bits per heavy atom. The Kier molecular flexibility index (Phi) is 3.99. The van der Waals surface area contributed by atoms with Crippen LogP contribution in [0.2, 0.25) is 5.02 Å². The van der Waals surface area contributed by atoms with Gasteiger partial charge in [-0.3, -0.25) is 0 Å². The number of hydrogen-bond acceptors (Lipinski definition) is 2. The van der Waals surface area contributed by atoms with Crippen LogP contribution >= 0.6 is 11.6 Å². The monoisotopic (exact) mass is 279 g/mol. The summed E-state index contributed by atoms with van der Waals surface area (Å²) in [5.74, 6) is 1.75. The van der Waals surface area contributed by atoms with Crippen LogP contribution in [0.25, 0.3) is 0 Å². The van der Waals surface area contributed by atoms with Gasteiger partial charge in [0.05, 0.1) is 0 Å². The molecule has 1 saturated carbocycles. The smallest absolute Gasteiger partial charge is 0.120 e. The van der Waals surface area contributed by atoms with Gasteiger partial charge in [0.25, 0.3) is 0 Å². The van der Waals surface area contributed by atoms with Crippen molar-refractivity contribution in [3.8, 4) is 5.75 Å². The van der Waals surface area contributed by atoms with Crippen LogP contribution in [-0.2, 0) is 0 Å². The van der Waals surface area contributed by atoms with Crippen LogP contribution in [0.3, 0.4) is 0 Å². The van der Waals surface area contributed by atoms with E-state index < -0.39 is 0 Å². The zero-order valence-electron chi connectivity index (χ0n) is 11.3. The summed E-state index contributed by atoms with van der Waals surface area (Å²) in [5, 5.41) is 4.23. The fourth-order valence-electron chi connectivity index (χ4n) is 3.53. The maximum atomic E-state index is 6.39. The average molecular weight is 280 g/mol. The topological polar surface area (TPSA) is 21.3 Å². The molecule has 0 aromatic heterocycles. The molecule has 0 amide bonds. The molecule has 1 aliphatic heterocycles. The molecule has 19 heavy (non-hydrogen) atoms. The van der Waals surface area contributed by atoms with Crippen molar-refractivity contribution in [3.63, 3.8) is 0 Å². The van der Waals surface area contributed by atoms with E-state index in [1.54, 1.807) is 0 Å². The predicted molar refractivity (Wildman–Crippen MR) is 78.9 cm³/mol. The third-order valence-corrected chi connectivity index (χ3v) is 4.74. The number of halogens is 1. The lowest BCUT2D eigenvalue weighted by Gasteiger charge is -2.32. The molecule has 1 aromatic rings. The van der Waals surface area contributed by atoms with Crippen molar-refractivity contribution in [1.29, 1.82) is 0 Å². The summed E-state index contributed by atoms with van der Waals surface area (Å²) < 4.78 is 6.39. The van der Waals surface area contributed by atoms with Crippen molar-refractivity contribution >= 4 is 11.6 Å². The minimum Gasteiger partial charge on any atom is -0.487 e. The van der Waals surface area contributed by atoms with Crippen LogP contribution < -0.4 is 10.1 Å². The molecule has 1 aromatic carbocycles. The van der Waals surface area contributed by atoms with E-state index in [4.69, 9.17) is 16.3 Å². The van der Waals surface area contributed by atoms with Gasteiger partial charge in [0.2, 0.25) is 0 Å². The Hall–Kier alpha value is -0.730. The summed E-state index contributed by atoms with van der Waals surface area (Å²) in [4.78, 5) is 0. The largest absolute Gasteiger partial charge is 0.487 e. The van der Waals surface area contributed by atoms with E-state index in [9.17, 15) is 0 Å². The molecule has 1 N–H and O–H groups in total. The fourth-order valence-corrected chi connectivity index (χ4v) is 3.66. The molecule has 2 nitrogen and oxygen atoms in total. The Morgan fingerprint density at radius 3 is 2.58 bits per heavy atom. The number of ether oxygens (including phenoxy) is 1. The van der Waals surface area contributed by atoms with Gasteiger partial charge < -0.3 is 10.1 Å². The summed E-state index contributed by atoms with van der Waals surface area (Å²) in [6, 6.07) is 7.82. The van der Waals surface area contributed by atoms with Gasteiger partial charge in [-0.25, -0.2) is 0 Å². The van der Waals surface area contributed by atoms with Crippen molar-refractivity contribution in [3.05, 3.63) is 29.3 Å². The lowest BCUT2D eigenvalue weighted by atomic mass is 9.88. The van der Waals surface area contributed by atoms with Gasteiger partial charge in [-0.1, -0.05) is 11.6 Å². The molecule has 1 aliphatic carbocycles. The number of rotatable bonds is 4. The highest BCUT2D eigenvalue weighted by molar-refractivity contribution is 6.30. The Bertz CT molecular complexity index is 405. The zero-order valence-corrected chi connectivity index (χ0v) is 12.1. The molecule has 1 atom stereocenters. The molecular formula is C16H22ClNO. The van der Waals surface area contributed by atoms with E-state index in [-0.39, 0.29) is 5.60 Å². The van der Waals surface area contributed by atoms with E-state index in [0.717, 1.165) is 23.2 Å². The zero-order chi connectivity index (χ0) is 13.1. The molecule has 2 aliphatic rings. The third-order valence-electron chi connectivity index (χ3n) is 4.49.